The number of nitrogens with one attached hydrogen (secondary N) is 1. The number of thiophene rings is 1. The van der Waals surface area contributed by atoms with Crippen LogP contribution in [0.25, 0.3) is 58.8 Å². The Hall–Kier alpha value is -6.56. The first kappa shape index (κ1) is 38.1. The SMILES string of the molecule is Cc1ccc(Nc2ccc3sc4ccccc4c3c2-c2cc(N(c3ccccc3)c3ccccc3)c3c4cc5c(cc4n4c3c2[B]c2cc(C)ccc2-4)C(C)(C)CCC5(C)C)cc1. The first-order valence-electron chi connectivity index (χ1n) is 22.4. The van der Waals surface area contributed by atoms with E-state index in [2.05, 4.69) is 221 Å². The van der Waals surface area contributed by atoms with Gasteiger partial charge in [-0.15, -0.1) is 11.3 Å². The molecule has 5 heteroatoms. The second kappa shape index (κ2) is 14.0. The minimum Gasteiger partial charge on any atom is -0.355 e. The number of hydrogen-bond acceptors (Lipinski definition) is 3. The van der Waals surface area contributed by atoms with Crippen molar-refractivity contribution in [3.8, 4) is 16.8 Å². The first-order chi connectivity index (χ1) is 30.5. The number of aryl methyl sites for hydroxylation is 2. The number of benzene rings is 8. The molecule has 0 bridgehead atoms. The monoisotopic (exact) mass is 830 g/mol. The van der Waals surface area contributed by atoms with Gasteiger partial charge in [0, 0.05) is 64.9 Å². The Labute approximate surface area is 374 Å². The first-order valence-corrected chi connectivity index (χ1v) is 23.2. The summed E-state index contributed by atoms with van der Waals surface area (Å²) in [7, 11) is 2.49. The summed E-state index contributed by atoms with van der Waals surface area (Å²) in [4.78, 5) is 2.50. The van der Waals surface area contributed by atoms with Crippen LogP contribution in [0.2, 0.25) is 0 Å². The average molecular weight is 831 g/mol. The Morgan fingerprint density at radius 3 is 1.97 bits per heavy atom. The fourth-order valence-electron chi connectivity index (χ4n) is 10.8. The predicted molar refractivity (Wildman–Crippen MR) is 273 cm³/mol. The van der Waals surface area contributed by atoms with E-state index >= 15 is 0 Å². The predicted octanol–water partition coefficient (Wildman–Crippen LogP) is 15.0. The molecule has 2 aromatic heterocycles. The van der Waals surface area contributed by atoms with Gasteiger partial charge in [0.2, 0.25) is 0 Å². The molecule has 8 aromatic carbocycles. The smallest absolute Gasteiger partial charge is 0.197 e. The highest BCUT2D eigenvalue weighted by atomic mass is 32.1. The van der Waals surface area contributed by atoms with Gasteiger partial charge in [0.1, 0.15) is 0 Å². The molecule has 1 radical (unpaired) electrons. The number of para-hydroxylation sites is 2. The van der Waals surface area contributed by atoms with E-state index in [0.717, 1.165) is 35.6 Å². The van der Waals surface area contributed by atoms with Crippen molar-refractivity contribution in [3.63, 3.8) is 0 Å². The number of fused-ring (bicyclic) bond motifs is 9. The second-order valence-corrected chi connectivity index (χ2v) is 20.3. The molecule has 1 N–H and O–H groups in total. The van der Waals surface area contributed by atoms with Crippen molar-refractivity contribution in [2.24, 2.45) is 0 Å². The number of rotatable bonds is 6. The topological polar surface area (TPSA) is 20.2 Å². The van der Waals surface area contributed by atoms with Crippen LogP contribution < -0.4 is 21.1 Å². The Morgan fingerprint density at radius 1 is 0.603 bits per heavy atom. The Bertz CT molecular complexity index is 3430. The van der Waals surface area contributed by atoms with Crippen molar-refractivity contribution in [1.82, 2.24) is 4.57 Å². The van der Waals surface area contributed by atoms with E-state index < -0.39 is 0 Å². The molecule has 3 nitrogen and oxygen atoms in total. The lowest BCUT2D eigenvalue weighted by molar-refractivity contribution is 0.332. The van der Waals surface area contributed by atoms with Gasteiger partial charge in [-0.2, -0.15) is 0 Å². The largest absolute Gasteiger partial charge is 0.355 e. The number of aromatic nitrogens is 1. The lowest BCUT2D eigenvalue weighted by atomic mass is 9.58. The molecule has 2 aliphatic rings. The van der Waals surface area contributed by atoms with E-state index in [0.29, 0.717) is 0 Å². The summed E-state index contributed by atoms with van der Waals surface area (Å²) in [5.74, 6) is 0. The van der Waals surface area contributed by atoms with Crippen LogP contribution in [0.15, 0.2) is 158 Å². The molecular weight excluding hydrogens is 782 g/mol. The van der Waals surface area contributed by atoms with Crippen molar-refractivity contribution < 1.29 is 0 Å². The fourth-order valence-corrected chi connectivity index (χ4v) is 11.9. The van der Waals surface area contributed by atoms with Crippen LogP contribution in [0.1, 0.15) is 62.8 Å². The van der Waals surface area contributed by atoms with Gasteiger partial charge in [0.05, 0.1) is 16.7 Å². The van der Waals surface area contributed by atoms with E-state index in [4.69, 9.17) is 0 Å². The quantitative estimate of drug-likeness (QED) is 0.169. The molecule has 10 aromatic rings. The third-order valence-electron chi connectivity index (χ3n) is 14.2. The highest BCUT2D eigenvalue weighted by Gasteiger charge is 2.39. The summed E-state index contributed by atoms with van der Waals surface area (Å²) in [5.41, 5.74) is 19.8. The van der Waals surface area contributed by atoms with Crippen LogP contribution in [0.3, 0.4) is 0 Å². The van der Waals surface area contributed by atoms with Crippen molar-refractivity contribution >= 4 is 100.0 Å². The molecule has 0 atom stereocenters. The van der Waals surface area contributed by atoms with Crippen LogP contribution in [0.5, 0.6) is 0 Å². The van der Waals surface area contributed by atoms with Crippen molar-refractivity contribution in [2.45, 2.75) is 65.2 Å². The highest BCUT2D eigenvalue weighted by Crippen LogP contribution is 2.53. The van der Waals surface area contributed by atoms with Crippen molar-refractivity contribution in [2.75, 3.05) is 10.2 Å². The number of anilines is 5. The van der Waals surface area contributed by atoms with Gasteiger partial charge < -0.3 is 14.8 Å². The van der Waals surface area contributed by atoms with E-state index in [9.17, 15) is 0 Å². The molecule has 0 spiro atoms. The van der Waals surface area contributed by atoms with Crippen LogP contribution in [-0.4, -0.2) is 11.8 Å². The fraction of sp³-hybridized carbons (Fsp3) is 0.172. The van der Waals surface area contributed by atoms with Crippen LogP contribution in [0, 0.1) is 13.8 Å². The average Bonchev–Trinajstić information content (AvgIpc) is 3.84. The summed E-state index contributed by atoms with van der Waals surface area (Å²) >= 11 is 1.88. The van der Waals surface area contributed by atoms with Gasteiger partial charge in [-0.1, -0.05) is 123 Å². The Morgan fingerprint density at radius 2 is 1.25 bits per heavy atom. The van der Waals surface area contributed by atoms with Crippen molar-refractivity contribution in [1.29, 1.82) is 0 Å². The molecule has 12 rings (SSSR count). The molecule has 0 saturated heterocycles. The van der Waals surface area contributed by atoms with E-state index in [1.807, 2.05) is 11.3 Å². The zero-order valence-electron chi connectivity index (χ0n) is 36.8. The van der Waals surface area contributed by atoms with Gasteiger partial charge in [0.15, 0.2) is 7.28 Å². The minimum absolute atomic E-state index is 0.0441. The molecule has 3 heterocycles. The van der Waals surface area contributed by atoms with Gasteiger partial charge >= 0.3 is 0 Å². The normalized spacial score (nSPS) is 14.8. The zero-order chi connectivity index (χ0) is 42.8. The third kappa shape index (κ3) is 5.93. The molecule has 63 heavy (non-hydrogen) atoms. The molecule has 0 amide bonds. The lowest BCUT2D eigenvalue weighted by Gasteiger charge is -2.42. The summed E-state index contributed by atoms with van der Waals surface area (Å²) in [5, 5.41) is 9.10. The zero-order valence-corrected chi connectivity index (χ0v) is 37.6. The number of nitrogens with zero attached hydrogens (tertiary/aromatic N) is 2. The molecular formula is C58H49BN3S. The summed E-state index contributed by atoms with van der Waals surface area (Å²) in [6.07, 6.45) is 2.32. The summed E-state index contributed by atoms with van der Waals surface area (Å²) in [6, 6.07) is 59.0. The summed E-state index contributed by atoms with van der Waals surface area (Å²) in [6.45, 7) is 14.2. The Kier molecular flexibility index (Phi) is 8.46. The molecule has 0 unspecified atom stereocenters. The molecule has 1 aliphatic carbocycles. The number of hydrogen-bond donors (Lipinski definition) is 1. The van der Waals surface area contributed by atoms with Crippen LogP contribution in [0.4, 0.5) is 28.4 Å². The van der Waals surface area contributed by atoms with E-state index in [1.54, 1.807) is 0 Å². The third-order valence-corrected chi connectivity index (χ3v) is 15.3. The molecule has 0 fully saturated rings. The Balaban J connectivity index is 1.31. The van der Waals surface area contributed by atoms with Gasteiger partial charge in [-0.3, -0.25) is 0 Å². The van der Waals surface area contributed by atoms with Gasteiger partial charge in [-0.25, -0.2) is 0 Å². The van der Waals surface area contributed by atoms with Gasteiger partial charge in [-0.05, 0) is 139 Å². The lowest BCUT2D eigenvalue weighted by Crippen LogP contribution is -2.37. The second-order valence-electron chi connectivity index (χ2n) is 19.3. The maximum absolute atomic E-state index is 3.97. The van der Waals surface area contributed by atoms with E-state index in [1.165, 1.54) is 97.7 Å². The minimum atomic E-state index is 0.0441. The maximum Gasteiger partial charge on any atom is 0.197 e. The van der Waals surface area contributed by atoms with Crippen molar-refractivity contribution in [3.05, 3.63) is 180 Å². The van der Waals surface area contributed by atoms with Crippen LogP contribution in [-0.2, 0) is 10.8 Å². The maximum atomic E-state index is 3.97. The van der Waals surface area contributed by atoms with Crippen LogP contribution >= 0.6 is 11.3 Å². The van der Waals surface area contributed by atoms with Gasteiger partial charge in [0.25, 0.3) is 0 Å². The molecule has 305 valence electrons. The highest BCUT2D eigenvalue weighted by molar-refractivity contribution is 7.26. The standard InChI is InChI=1S/C58H49BN3S/c1-35-21-24-37(25-22-35)60-46-26-28-51-54(40-19-13-14-20-50(40)63-51)52(46)42-33-49(61(38-15-9-7-10-16-38)39-17-11-8-12-18-39)53-41-32-43-44(58(5,6)30-29-57(43,3)4)34-48(41)62-47-27-23-36(2)31-45(47)59-55(42)56(53)62/h7-28,31-34,60H,29-30H2,1-6H3. The molecule has 1 aliphatic heterocycles. The summed E-state index contributed by atoms with van der Waals surface area (Å²) < 4.78 is 5.20. The molecule has 0 saturated carbocycles. The van der Waals surface area contributed by atoms with E-state index in [-0.39, 0.29) is 10.8 Å².